The molecular formula is C24H25NO5. The Hall–Kier alpha value is -2.99. The summed E-state index contributed by atoms with van der Waals surface area (Å²) >= 11 is 0. The fourth-order valence-corrected chi connectivity index (χ4v) is 4.55. The summed E-state index contributed by atoms with van der Waals surface area (Å²) in [7, 11) is 0. The van der Waals surface area contributed by atoms with Gasteiger partial charge in [0.25, 0.3) is 0 Å². The molecule has 3 aromatic rings. The lowest BCUT2D eigenvalue weighted by molar-refractivity contribution is 0.248. The Bertz CT molecular complexity index is 1150. The van der Waals surface area contributed by atoms with Crippen molar-refractivity contribution in [3.63, 3.8) is 0 Å². The smallest absolute Gasteiger partial charge is 0.336 e. The number of benzene rings is 2. The second kappa shape index (κ2) is 7.69. The van der Waals surface area contributed by atoms with Crippen molar-refractivity contribution in [3.8, 4) is 17.2 Å². The average Bonchev–Trinajstić information content (AvgIpc) is 3.06. The monoisotopic (exact) mass is 407 g/mol. The zero-order chi connectivity index (χ0) is 20.7. The van der Waals surface area contributed by atoms with Gasteiger partial charge in [-0.25, -0.2) is 4.79 Å². The van der Waals surface area contributed by atoms with E-state index in [4.69, 9.17) is 13.9 Å². The summed E-state index contributed by atoms with van der Waals surface area (Å²) in [5, 5.41) is 10.9. The summed E-state index contributed by atoms with van der Waals surface area (Å²) in [5.41, 5.74) is 2.79. The first-order valence-corrected chi connectivity index (χ1v) is 10.5. The van der Waals surface area contributed by atoms with Gasteiger partial charge in [0.1, 0.15) is 11.3 Å². The topological polar surface area (TPSA) is 72.1 Å². The summed E-state index contributed by atoms with van der Waals surface area (Å²) in [5.74, 6) is 1.76. The molecule has 1 atom stereocenters. The second-order valence-corrected chi connectivity index (χ2v) is 8.06. The molecule has 2 aromatic carbocycles. The van der Waals surface area contributed by atoms with Crippen LogP contribution in [-0.4, -0.2) is 29.8 Å². The lowest BCUT2D eigenvalue weighted by atomic mass is 10.0. The molecule has 156 valence electrons. The molecule has 6 heteroatoms. The highest BCUT2D eigenvalue weighted by atomic mass is 16.5. The second-order valence-electron chi connectivity index (χ2n) is 8.06. The highest BCUT2D eigenvalue weighted by molar-refractivity contribution is 5.84. The van der Waals surface area contributed by atoms with Crippen molar-refractivity contribution >= 4 is 11.0 Å². The molecule has 5 rings (SSSR count). The van der Waals surface area contributed by atoms with Crippen molar-refractivity contribution in [1.29, 1.82) is 0 Å². The van der Waals surface area contributed by atoms with Crippen LogP contribution in [0, 0.1) is 6.92 Å². The quantitative estimate of drug-likeness (QED) is 0.653. The molecule has 30 heavy (non-hydrogen) atoms. The minimum Gasteiger partial charge on any atom is -0.508 e. The maximum Gasteiger partial charge on any atom is 0.336 e. The number of rotatable bonds is 3. The van der Waals surface area contributed by atoms with Gasteiger partial charge in [-0.1, -0.05) is 6.07 Å². The first-order valence-electron chi connectivity index (χ1n) is 10.5. The summed E-state index contributed by atoms with van der Waals surface area (Å²) in [4.78, 5) is 14.6. The Kier molecular flexibility index (Phi) is 4.87. The molecule has 0 spiro atoms. The van der Waals surface area contributed by atoms with Gasteiger partial charge in [-0.15, -0.1) is 0 Å². The van der Waals surface area contributed by atoms with E-state index in [9.17, 15) is 9.90 Å². The Morgan fingerprint density at radius 1 is 1.07 bits per heavy atom. The molecule has 0 saturated carbocycles. The number of aryl methyl sites for hydroxylation is 1. The van der Waals surface area contributed by atoms with Crippen LogP contribution in [0.3, 0.4) is 0 Å². The predicted octanol–water partition coefficient (Wildman–Crippen LogP) is 4.31. The third kappa shape index (κ3) is 3.41. The standard InChI is InChI=1S/C24H25NO5/c1-15-20(26)7-6-18-17(13-23(27)30-24(15)18)14-25-9-2-4-19(25)16-5-8-21-22(12-16)29-11-3-10-28-21/h5-8,12-13,19,26H,2-4,9-11,14H2,1H3/t19-/m1/s1. The van der Waals surface area contributed by atoms with Crippen LogP contribution in [-0.2, 0) is 6.54 Å². The van der Waals surface area contributed by atoms with E-state index in [2.05, 4.69) is 17.0 Å². The summed E-state index contributed by atoms with van der Waals surface area (Å²) in [6, 6.07) is 11.5. The van der Waals surface area contributed by atoms with E-state index in [0.717, 1.165) is 48.3 Å². The summed E-state index contributed by atoms with van der Waals surface area (Å²) in [6.45, 7) is 4.72. The van der Waals surface area contributed by atoms with Crippen molar-refractivity contribution in [2.75, 3.05) is 19.8 Å². The zero-order valence-corrected chi connectivity index (χ0v) is 17.0. The van der Waals surface area contributed by atoms with Crippen LogP contribution in [0.4, 0.5) is 0 Å². The van der Waals surface area contributed by atoms with E-state index in [0.29, 0.717) is 30.9 Å². The lowest BCUT2D eigenvalue weighted by Crippen LogP contribution is -2.23. The first-order chi connectivity index (χ1) is 14.6. The van der Waals surface area contributed by atoms with Gasteiger partial charge in [0, 0.05) is 36.0 Å². The van der Waals surface area contributed by atoms with E-state index in [1.165, 1.54) is 5.56 Å². The van der Waals surface area contributed by atoms with E-state index >= 15 is 0 Å². The van der Waals surface area contributed by atoms with Crippen LogP contribution in [0.2, 0.25) is 0 Å². The fraction of sp³-hybridized carbons (Fsp3) is 0.375. The molecule has 2 aliphatic rings. The third-order valence-corrected chi connectivity index (χ3v) is 6.11. The molecule has 0 bridgehead atoms. The van der Waals surface area contributed by atoms with Crippen molar-refractivity contribution in [1.82, 2.24) is 4.90 Å². The highest BCUT2D eigenvalue weighted by Crippen LogP contribution is 2.39. The van der Waals surface area contributed by atoms with E-state index < -0.39 is 5.63 Å². The number of hydrogen-bond acceptors (Lipinski definition) is 6. The number of likely N-dealkylation sites (tertiary alicyclic amines) is 1. The van der Waals surface area contributed by atoms with Gasteiger partial charge in [-0.05, 0) is 61.7 Å². The number of hydrogen-bond donors (Lipinski definition) is 1. The normalized spacial score (nSPS) is 19.2. The molecule has 0 unspecified atom stereocenters. The summed E-state index contributed by atoms with van der Waals surface area (Å²) < 4.78 is 17.0. The van der Waals surface area contributed by atoms with E-state index in [1.807, 2.05) is 12.1 Å². The van der Waals surface area contributed by atoms with Gasteiger partial charge in [-0.2, -0.15) is 0 Å². The van der Waals surface area contributed by atoms with Crippen LogP contribution in [0.1, 0.15) is 42.0 Å². The van der Waals surface area contributed by atoms with Gasteiger partial charge in [0.2, 0.25) is 0 Å². The molecular weight excluding hydrogens is 382 g/mol. The van der Waals surface area contributed by atoms with Crippen molar-refractivity contribution in [2.24, 2.45) is 0 Å². The number of fused-ring (bicyclic) bond motifs is 2. The number of phenolic OH excluding ortho intramolecular Hbond substituents is 1. The van der Waals surface area contributed by atoms with Gasteiger partial charge >= 0.3 is 5.63 Å². The van der Waals surface area contributed by atoms with E-state index in [1.54, 1.807) is 19.1 Å². The van der Waals surface area contributed by atoms with Crippen molar-refractivity contribution in [3.05, 3.63) is 63.5 Å². The predicted molar refractivity (Wildman–Crippen MR) is 113 cm³/mol. The maximum absolute atomic E-state index is 12.2. The molecule has 0 amide bonds. The number of nitrogens with zero attached hydrogens (tertiary/aromatic N) is 1. The number of ether oxygens (including phenoxy) is 2. The molecule has 6 nitrogen and oxygen atoms in total. The van der Waals surface area contributed by atoms with Crippen LogP contribution in [0.15, 0.2) is 45.6 Å². The minimum absolute atomic E-state index is 0.133. The highest BCUT2D eigenvalue weighted by Gasteiger charge is 2.28. The third-order valence-electron chi connectivity index (χ3n) is 6.11. The summed E-state index contributed by atoms with van der Waals surface area (Å²) in [6.07, 6.45) is 3.04. The molecule has 0 aliphatic carbocycles. The molecule has 3 heterocycles. The van der Waals surface area contributed by atoms with Crippen molar-refractivity contribution < 1.29 is 19.0 Å². The van der Waals surface area contributed by atoms with Gasteiger partial charge in [0.05, 0.1) is 13.2 Å². The zero-order valence-electron chi connectivity index (χ0n) is 17.0. The maximum atomic E-state index is 12.2. The SMILES string of the molecule is Cc1c(O)ccc2c(CN3CCC[C@@H]3c3ccc4c(c3)OCCCO4)cc(=O)oc12. The first kappa shape index (κ1) is 19.0. The van der Waals surface area contributed by atoms with Crippen molar-refractivity contribution in [2.45, 2.75) is 38.8 Å². The number of aromatic hydroxyl groups is 1. The van der Waals surface area contributed by atoms with Crippen LogP contribution >= 0.6 is 0 Å². The Labute approximate surface area is 174 Å². The Morgan fingerprint density at radius 3 is 2.77 bits per heavy atom. The number of phenols is 1. The average molecular weight is 407 g/mol. The Morgan fingerprint density at radius 2 is 1.90 bits per heavy atom. The van der Waals surface area contributed by atoms with E-state index in [-0.39, 0.29) is 11.8 Å². The molecule has 2 aliphatic heterocycles. The van der Waals surface area contributed by atoms with Gasteiger partial charge < -0.3 is 19.0 Å². The largest absolute Gasteiger partial charge is 0.508 e. The minimum atomic E-state index is -0.391. The Balaban J connectivity index is 1.48. The van der Waals surface area contributed by atoms with Gasteiger partial charge in [-0.3, -0.25) is 4.90 Å². The molecule has 0 radical (unpaired) electrons. The molecule has 1 fully saturated rings. The fourth-order valence-electron chi connectivity index (χ4n) is 4.55. The van der Waals surface area contributed by atoms with Crippen LogP contribution < -0.4 is 15.1 Å². The molecule has 1 aromatic heterocycles. The van der Waals surface area contributed by atoms with Gasteiger partial charge in [0.15, 0.2) is 11.5 Å². The van der Waals surface area contributed by atoms with Crippen LogP contribution in [0.25, 0.3) is 11.0 Å². The molecule has 1 saturated heterocycles. The van der Waals surface area contributed by atoms with Crippen LogP contribution in [0.5, 0.6) is 17.2 Å². The lowest BCUT2D eigenvalue weighted by Gasteiger charge is -2.26. The molecule has 1 N–H and O–H groups in total.